The Hall–Kier alpha value is -2.60. The third kappa shape index (κ3) is 4.57. The molecule has 144 valence electrons. The van der Waals surface area contributed by atoms with Crippen LogP contribution in [0, 0.1) is 5.41 Å². The molecule has 1 aromatic carbocycles. The normalized spacial score (nSPS) is 19.1. The van der Waals surface area contributed by atoms with Gasteiger partial charge in [0.25, 0.3) is 5.91 Å². The van der Waals surface area contributed by atoms with E-state index in [4.69, 9.17) is 15.2 Å². The summed E-state index contributed by atoms with van der Waals surface area (Å²) < 4.78 is 11.6. The van der Waals surface area contributed by atoms with Gasteiger partial charge in [0.15, 0.2) is 11.5 Å². The van der Waals surface area contributed by atoms with Gasteiger partial charge < -0.3 is 20.1 Å². The first-order valence-electron chi connectivity index (χ1n) is 9.32. The first-order valence-corrected chi connectivity index (χ1v) is 9.32. The van der Waals surface area contributed by atoms with Crippen LogP contribution >= 0.6 is 0 Å². The van der Waals surface area contributed by atoms with Gasteiger partial charge in [-0.3, -0.25) is 9.78 Å². The largest absolute Gasteiger partial charge is 0.490 e. The van der Waals surface area contributed by atoms with E-state index >= 15 is 0 Å². The minimum Gasteiger partial charge on any atom is -0.490 e. The predicted octanol–water partition coefficient (Wildman–Crippen LogP) is 2.87. The van der Waals surface area contributed by atoms with Gasteiger partial charge in [-0.15, -0.1) is 0 Å². The molecule has 1 aliphatic heterocycles. The highest BCUT2D eigenvalue weighted by molar-refractivity contribution is 5.95. The van der Waals surface area contributed by atoms with Gasteiger partial charge in [-0.2, -0.15) is 0 Å². The van der Waals surface area contributed by atoms with E-state index < -0.39 is 0 Å². The average Bonchev–Trinajstić information content (AvgIpc) is 3.10. The lowest BCUT2D eigenvalue weighted by Crippen LogP contribution is -2.34. The molecule has 1 fully saturated rings. The van der Waals surface area contributed by atoms with E-state index in [9.17, 15) is 4.79 Å². The van der Waals surface area contributed by atoms with E-state index in [0.29, 0.717) is 43.4 Å². The SMILES string of the molecule is CCOc1cc(C(=O)N2CCC(C)(CN)C2)ccc1OCc1cccnc1. The highest BCUT2D eigenvalue weighted by atomic mass is 16.5. The van der Waals surface area contributed by atoms with Crippen molar-refractivity contribution >= 4 is 5.91 Å². The number of hydrogen-bond acceptors (Lipinski definition) is 5. The second-order valence-electron chi connectivity index (χ2n) is 7.24. The molecule has 1 aliphatic rings. The van der Waals surface area contributed by atoms with Crippen LogP contribution in [0.3, 0.4) is 0 Å². The molecule has 0 radical (unpaired) electrons. The van der Waals surface area contributed by atoms with Crippen molar-refractivity contribution in [1.82, 2.24) is 9.88 Å². The minimum atomic E-state index is 0.00514. The number of likely N-dealkylation sites (tertiary alicyclic amines) is 1. The Morgan fingerprint density at radius 1 is 1.30 bits per heavy atom. The van der Waals surface area contributed by atoms with Crippen LogP contribution in [-0.4, -0.2) is 42.0 Å². The minimum absolute atomic E-state index is 0.00514. The molecule has 1 aromatic heterocycles. The molecule has 1 amide bonds. The van der Waals surface area contributed by atoms with Crippen LogP contribution in [0.4, 0.5) is 0 Å². The number of carbonyl (C=O) groups is 1. The lowest BCUT2D eigenvalue weighted by Gasteiger charge is -2.23. The van der Waals surface area contributed by atoms with E-state index in [1.807, 2.05) is 24.0 Å². The molecule has 0 saturated carbocycles. The molecule has 0 aliphatic carbocycles. The quantitative estimate of drug-likeness (QED) is 0.812. The predicted molar refractivity (Wildman–Crippen MR) is 104 cm³/mol. The van der Waals surface area contributed by atoms with Gasteiger partial charge in [0.2, 0.25) is 0 Å². The zero-order valence-corrected chi connectivity index (χ0v) is 16.0. The summed E-state index contributed by atoms with van der Waals surface area (Å²) in [7, 11) is 0. The molecule has 1 atom stereocenters. The highest BCUT2D eigenvalue weighted by Gasteiger charge is 2.35. The van der Waals surface area contributed by atoms with Gasteiger partial charge in [-0.1, -0.05) is 13.0 Å². The molecule has 27 heavy (non-hydrogen) atoms. The molecule has 0 bridgehead atoms. The van der Waals surface area contributed by atoms with Crippen LogP contribution in [0.2, 0.25) is 0 Å². The highest BCUT2D eigenvalue weighted by Crippen LogP contribution is 2.32. The number of benzene rings is 1. The molecular formula is C21H27N3O3. The molecule has 2 heterocycles. The van der Waals surface area contributed by atoms with Gasteiger partial charge in [0.1, 0.15) is 6.61 Å². The topological polar surface area (TPSA) is 77.7 Å². The fraction of sp³-hybridized carbons (Fsp3) is 0.429. The standard InChI is InChI=1S/C21H27N3O3/c1-3-26-19-11-17(20(25)24-10-8-21(2,14-22)15-24)6-7-18(19)27-13-16-5-4-9-23-12-16/h4-7,9,11-12H,3,8,10,13-15,22H2,1-2H3. The van der Waals surface area contributed by atoms with Crippen LogP contribution in [0.5, 0.6) is 11.5 Å². The molecule has 6 nitrogen and oxygen atoms in total. The monoisotopic (exact) mass is 369 g/mol. The fourth-order valence-electron chi connectivity index (χ4n) is 3.22. The van der Waals surface area contributed by atoms with Crippen molar-refractivity contribution in [2.24, 2.45) is 11.1 Å². The number of amides is 1. The molecule has 1 saturated heterocycles. The van der Waals surface area contributed by atoms with E-state index in [-0.39, 0.29) is 11.3 Å². The van der Waals surface area contributed by atoms with Gasteiger partial charge >= 0.3 is 0 Å². The molecule has 0 spiro atoms. The lowest BCUT2D eigenvalue weighted by atomic mass is 9.90. The maximum Gasteiger partial charge on any atom is 0.254 e. The molecule has 6 heteroatoms. The van der Waals surface area contributed by atoms with Crippen molar-refractivity contribution in [3.63, 3.8) is 0 Å². The summed E-state index contributed by atoms with van der Waals surface area (Å²) in [4.78, 5) is 18.8. The zero-order valence-electron chi connectivity index (χ0n) is 16.0. The summed E-state index contributed by atoms with van der Waals surface area (Å²) in [6.07, 6.45) is 4.42. The summed E-state index contributed by atoms with van der Waals surface area (Å²) in [5.41, 5.74) is 7.44. The third-order valence-corrected chi connectivity index (χ3v) is 4.95. The summed E-state index contributed by atoms with van der Waals surface area (Å²) in [5, 5.41) is 0. The first-order chi connectivity index (χ1) is 13.0. The van der Waals surface area contributed by atoms with Crippen molar-refractivity contribution in [2.45, 2.75) is 26.9 Å². The van der Waals surface area contributed by atoms with Crippen LogP contribution in [0.15, 0.2) is 42.7 Å². The second kappa shape index (κ2) is 8.39. The van der Waals surface area contributed by atoms with Crippen molar-refractivity contribution in [3.8, 4) is 11.5 Å². The van der Waals surface area contributed by atoms with E-state index in [0.717, 1.165) is 18.5 Å². The molecule has 2 N–H and O–H groups in total. The smallest absolute Gasteiger partial charge is 0.254 e. The molecule has 2 aromatic rings. The molecular weight excluding hydrogens is 342 g/mol. The first kappa shape index (κ1) is 19.2. The van der Waals surface area contributed by atoms with Crippen LogP contribution < -0.4 is 15.2 Å². The second-order valence-corrected chi connectivity index (χ2v) is 7.24. The number of hydrogen-bond donors (Lipinski definition) is 1. The molecule has 1 unspecified atom stereocenters. The Balaban J connectivity index is 1.74. The number of carbonyl (C=O) groups excluding carboxylic acids is 1. The van der Waals surface area contributed by atoms with Gasteiger partial charge in [0, 0.05) is 36.6 Å². The van der Waals surface area contributed by atoms with Gasteiger partial charge in [-0.25, -0.2) is 0 Å². The zero-order chi connectivity index (χ0) is 19.3. The summed E-state index contributed by atoms with van der Waals surface area (Å²) in [6.45, 7) is 6.93. The van der Waals surface area contributed by atoms with E-state index in [1.165, 1.54) is 0 Å². The van der Waals surface area contributed by atoms with E-state index in [1.54, 1.807) is 30.6 Å². The third-order valence-electron chi connectivity index (χ3n) is 4.95. The van der Waals surface area contributed by atoms with Crippen molar-refractivity contribution in [3.05, 3.63) is 53.9 Å². The average molecular weight is 369 g/mol. The van der Waals surface area contributed by atoms with Crippen molar-refractivity contribution < 1.29 is 14.3 Å². The maximum absolute atomic E-state index is 12.9. The number of aromatic nitrogens is 1. The Morgan fingerprint density at radius 3 is 2.81 bits per heavy atom. The summed E-state index contributed by atoms with van der Waals surface area (Å²) in [6, 6.07) is 9.18. The Kier molecular flexibility index (Phi) is 5.96. The van der Waals surface area contributed by atoms with Crippen LogP contribution in [0.1, 0.15) is 36.2 Å². The number of nitrogens with two attached hydrogens (primary N) is 1. The Morgan fingerprint density at radius 2 is 2.15 bits per heavy atom. The number of ether oxygens (including phenoxy) is 2. The molecule has 3 rings (SSSR count). The lowest BCUT2D eigenvalue weighted by molar-refractivity contribution is 0.0776. The van der Waals surface area contributed by atoms with Crippen LogP contribution in [-0.2, 0) is 6.61 Å². The number of pyridine rings is 1. The number of nitrogens with zero attached hydrogens (tertiary/aromatic N) is 2. The maximum atomic E-state index is 12.9. The Bertz CT molecular complexity index is 781. The number of rotatable bonds is 7. The van der Waals surface area contributed by atoms with Gasteiger partial charge in [0.05, 0.1) is 6.61 Å². The van der Waals surface area contributed by atoms with Gasteiger partial charge in [-0.05, 0) is 49.6 Å². The van der Waals surface area contributed by atoms with E-state index in [2.05, 4.69) is 11.9 Å². The van der Waals surface area contributed by atoms with Crippen molar-refractivity contribution in [1.29, 1.82) is 0 Å². The van der Waals surface area contributed by atoms with Crippen LogP contribution in [0.25, 0.3) is 0 Å². The summed E-state index contributed by atoms with van der Waals surface area (Å²) >= 11 is 0. The summed E-state index contributed by atoms with van der Waals surface area (Å²) in [5.74, 6) is 1.20. The van der Waals surface area contributed by atoms with Crippen molar-refractivity contribution in [2.75, 3.05) is 26.2 Å². The fourth-order valence-corrected chi connectivity index (χ4v) is 3.22. The Labute approximate surface area is 160 Å².